The molecule has 2 aromatic heterocycles. The number of amides is 2. The van der Waals surface area contributed by atoms with E-state index in [9.17, 15) is 14.4 Å². The fraction of sp³-hybridized carbons (Fsp3) is 0.300. The third-order valence-electron chi connectivity index (χ3n) is 4.45. The van der Waals surface area contributed by atoms with Crippen molar-refractivity contribution in [2.75, 3.05) is 13.1 Å². The average molecular weight is 398 g/mol. The van der Waals surface area contributed by atoms with E-state index in [1.165, 1.54) is 11.3 Å². The third kappa shape index (κ3) is 4.64. The molecule has 0 unspecified atom stereocenters. The number of H-pyrrole nitrogens is 1. The van der Waals surface area contributed by atoms with Crippen molar-refractivity contribution in [2.24, 2.45) is 0 Å². The summed E-state index contributed by atoms with van der Waals surface area (Å²) in [6.07, 6.45) is 0.563. The second kappa shape index (κ2) is 8.79. The van der Waals surface area contributed by atoms with Gasteiger partial charge in [-0.2, -0.15) is 0 Å². The Kier molecular flexibility index (Phi) is 6.20. The third-order valence-corrected chi connectivity index (χ3v) is 5.55. The van der Waals surface area contributed by atoms with Crippen LogP contribution in [-0.2, 0) is 11.2 Å². The molecule has 0 atom stereocenters. The predicted molar refractivity (Wildman–Crippen MR) is 110 cm³/mol. The fourth-order valence-electron chi connectivity index (χ4n) is 2.81. The van der Waals surface area contributed by atoms with E-state index < -0.39 is 0 Å². The Balaban J connectivity index is 1.45. The highest BCUT2D eigenvalue weighted by Crippen LogP contribution is 2.25. The first-order valence-electron chi connectivity index (χ1n) is 9.04. The molecule has 7 nitrogen and oxygen atoms in total. The summed E-state index contributed by atoms with van der Waals surface area (Å²) < 4.78 is 0. The molecule has 3 N–H and O–H groups in total. The first-order chi connectivity index (χ1) is 13.5. The smallest absolute Gasteiger partial charge is 0.259 e. The summed E-state index contributed by atoms with van der Waals surface area (Å²) in [5.41, 5.74) is 1.37. The maximum atomic E-state index is 12.2. The van der Waals surface area contributed by atoms with Gasteiger partial charge in [0.05, 0.1) is 5.39 Å². The van der Waals surface area contributed by atoms with E-state index in [1.807, 2.05) is 19.9 Å². The van der Waals surface area contributed by atoms with E-state index in [2.05, 4.69) is 20.6 Å². The highest BCUT2D eigenvalue weighted by Gasteiger charge is 2.12. The second-order valence-electron chi connectivity index (χ2n) is 6.45. The van der Waals surface area contributed by atoms with Crippen molar-refractivity contribution in [3.8, 4) is 0 Å². The van der Waals surface area contributed by atoms with Gasteiger partial charge in [0, 0.05) is 36.4 Å². The Morgan fingerprint density at radius 1 is 1.11 bits per heavy atom. The maximum absolute atomic E-state index is 12.2. The number of nitrogens with one attached hydrogen (secondary N) is 3. The van der Waals surface area contributed by atoms with Crippen LogP contribution in [0.2, 0.25) is 0 Å². The largest absolute Gasteiger partial charge is 0.354 e. The standard InChI is InChI=1S/C20H22N4O3S/c1-12-13(2)28-20-17(12)19(27)23-15(24-20)8-9-16(25)21-10-11-22-18(26)14-6-4-3-5-7-14/h3-7H,8-11H2,1-2H3,(H,21,25)(H,22,26)(H,23,24,27). The van der Waals surface area contributed by atoms with Crippen LogP contribution in [0.3, 0.4) is 0 Å². The summed E-state index contributed by atoms with van der Waals surface area (Å²) in [5, 5.41) is 6.13. The number of hydrogen-bond donors (Lipinski definition) is 3. The molecule has 0 saturated carbocycles. The number of thiophene rings is 1. The van der Waals surface area contributed by atoms with E-state index in [-0.39, 0.29) is 23.8 Å². The lowest BCUT2D eigenvalue weighted by Crippen LogP contribution is -2.34. The van der Waals surface area contributed by atoms with Crippen LogP contribution in [0, 0.1) is 13.8 Å². The molecule has 0 aliphatic heterocycles. The van der Waals surface area contributed by atoms with Crippen molar-refractivity contribution in [3.05, 3.63) is 62.5 Å². The lowest BCUT2D eigenvalue weighted by atomic mass is 10.2. The number of carbonyl (C=O) groups is 2. The minimum atomic E-state index is -0.175. The summed E-state index contributed by atoms with van der Waals surface area (Å²) in [4.78, 5) is 45.1. The first-order valence-corrected chi connectivity index (χ1v) is 9.86. The summed E-state index contributed by atoms with van der Waals surface area (Å²) in [5.74, 6) is 0.174. The van der Waals surface area contributed by atoms with Crippen LogP contribution in [0.4, 0.5) is 0 Å². The van der Waals surface area contributed by atoms with Crippen LogP contribution in [0.5, 0.6) is 0 Å². The van der Waals surface area contributed by atoms with Crippen LogP contribution in [0.25, 0.3) is 10.2 Å². The molecule has 0 radical (unpaired) electrons. The highest BCUT2D eigenvalue weighted by atomic mass is 32.1. The van der Waals surface area contributed by atoms with Gasteiger partial charge in [-0.05, 0) is 31.5 Å². The van der Waals surface area contributed by atoms with Crippen molar-refractivity contribution in [3.63, 3.8) is 0 Å². The summed E-state index contributed by atoms with van der Waals surface area (Å²) in [6.45, 7) is 4.55. The van der Waals surface area contributed by atoms with Crippen LogP contribution in [0.15, 0.2) is 35.1 Å². The number of benzene rings is 1. The highest BCUT2D eigenvalue weighted by molar-refractivity contribution is 7.18. The Morgan fingerprint density at radius 3 is 2.57 bits per heavy atom. The van der Waals surface area contributed by atoms with Crippen LogP contribution >= 0.6 is 11.3 Å². The van der Waals surface area contributed by atoms with E-state index in [4.69, 9.17) is 0 Å². The minimum Gasteiger partial charge on any atom is -0.354 e. The molecule has 3 aromatic rings. The molecule has 3 rings (SSSR count). The maximum Gasteiger partial charge on any atom is 0.259 e. The number of rotatable bonds is 7. The fourth-order valence-corrected chi connectivity index (χ4v) is 3.86. The van der Waals surface area contributed by atoms with Gasteiger partial charge >= 0.3 is 0 Å². The van der Waals surface area contributed by atoms with Gasteiger partial charge in [0.1, 0.15) is 10.7 Å². The van der Waals surface area contributed by atoms with Crippen molar-refractivity contribution >= 4 is 33.4 Å². The van der Waals surface area contributed by atoms with Gasteiger partial charge in [-0.25, -0.2) is 4.98 Å². The zero-order valence-electron chi connectivity index (χ0n) is 15.8. The number of nitrogens with zero attached hydrogens (tertiary/aromatic N) is 1. The normalized spacial score (nSPS) is 10.8. The molecule has 28 heavy (non-hydrogen) atoms. The van der Waals surface area contributed by atoms with Gasteiger partial charge in [-0.1, -0.05) is 18.2 Å². The summed E-state index contributed by atoms with van der Waals surface area (Å²) in [6, 6.07) is 8.90. The summed E-state index contributed by atoms with van der Waals surface area (Å²) >= 11 is 1.49. The van der Waals surface area contributed by atoms with Crippen LogP contribution in [-0.4, -0.2) is 34.9 Å². The topological polar surface area (TPSA) is 104 Å². The number of hydrogen-bond acceptors (Lipinski definition) is 5. The molecule has 0 spiro atoms. The molecule has 0 fully saturated rings. The zero-order chi connectivity index (χ0) is 20.1. The Morgan fingerprint density at radius 2 is 1.82 bits per heavy atom. The Labute approximate surface area is 166 Å². The predicted octanol–water partition coefficient (Wildman–Crippen LogP) is 2.08. The summed E-state index contributed by atoms with van der Waals surface area (Å²) in [7, 11) is 0. The van der Waals surface area contributed by atoms with Crippen molar-refractivity contribution < 1.29 is 9.59 Å². The van der Waals surface area contributed by atoms with Gasteiger partial charge < -0.3 is 15.6 Å². The van der Waals surface area contributed by atoms with Crippen LogP contribution in [0.1, 0.15) is 33.0 Å². The van der Waals surface area contributed by atoms with Crippen LogP contribution < -0.4 is 16.2 Å². The number of carbonyl (C=O) groups excluding carboxylic acids is 2. The number of aryl methyl sites for hydroxylation is 3. The molecule has 8 heteroatoms. The van der Waals surface area contributed by atoms with Gasteiger partial charge in [-0.15, -0.1) is 11.3 Å². The molecule has 2 heterocycles. The molecule has 2 amide bonds. The van der Waals surface area contributed by atoms with Gasteiger partial charge in [0.2, 0.25) is 5.91 Å². The van der Waals surface area contributed by atoms with Gasteiger partial charge in [-0.3, -0.25) is 14.4 Å². The second-order valence-corrected chi connectivity index (χ2v) is 7.65. The Hall–Kier alpha value is -3.00. The molecular formula is C20H22N4O3S. The number of aromatic nitrogens is 2. The minimum absolute atomic E-state index is 0.157. The lowest BCUT2D eigenvalue weighted by molar-refractivity contribution is -0.121. The average Bonchev–Trinajstić information content (AvgIpc) is 2.98. The molecule has 0 bridgehead atoms. The molecule has 1 aromatic carbocycles. The van der Waals surface area contributed by atoms with E-state index >= 15 is 0 Å². The molecule has 0 aliphatic carbocycles. The zero-order valence-corrected chi connectivity index (χ0v) is 16.6. The molecule has 0 aliphatic rings. The molecular weight excluding hydrogens is 376 g/mol. The van der Waals surface area contributed by atoms with Gasteiger partial charge in [0.15, 0.2) is 0 Å². The van der Waals surface area contributed by atoms with Gasteiger partial charge in [0.25, 0.3) is 11.5 Å². The van der Waals surface area contributed by atoms with E-state index in [0.29, 0.717) is 41.1 Å². The lowest BCUT2D eigenvalue weighted by Gasteiger charge is -2.07. The van der Waals surface area contributed by atoms with Crippen molar-refractivity contribution in [2.45, 2.75) is 26.7 Å². The van der Waals surface area contributed by atoms with Crippen molar-refractivity contribution in [1.82, 2.24) is 20.6 Å². The first kappa shape index (κ1) is 19.8. The molecule has 146 valence electrons. The number of aromatic amines is 1. The molecule has 0 saturated heterocycles. The van der Waals surface area contributed by atoms with E-state index in [0.717, 1.165) is 10.4 Å². The monoisotopic (exact) mass is 398 g/mol. The van der Waals surface area contributed by atoms with E-state index in [1.54, 1.807) is 24.3 Å². The SMILES string of the molecule is Cc1sc2nc(CCC(=O)NCCNC(=O)c3ccccc3)[nH]c(=O)c2c1C. The Bertz CT molecular complexity index is 1060. The number of fused-ring (bicyclic) bond motifs is 1. The quantitative estimate of drug-likeness (QED) is 0.530. The van der Waals surface area contributed by atoms with Crippen molar-refractivity contribution in [1.29, 1.82) is 0 Å².